The van der Waals surface area contributed by atoms with E-state index in [-0.39, 0.29) is 11.8 Å². The highest BCUT2D eigenvalue weighted by Gasteiger charge is 2.07. The quantitative estimate of drug-likeness (QED) is 0.264. The highest BCUT2D eigenvalue weighted by Crippen LogP contribution is 2.19. The van der Waals surface area contributed by atoms with Crippen LogP contribution in [0.25, 0.3) is 17.5 Å². The van der Waals surface area contributed by atoms with E-state index in [1.807, 2.05) is 48.5 Å². The summed E-state index contributed by atoms with van der Waals surface area (Å²) in [5.74, 6) is 1.56. The van der Waals surface area contributed by atoms with Gasteiger partial charge in [-0.1, -0.05) is 36.4 Å². The summed E-state index contributed by atoms with van der Waals surface area (Å²) in [7, 11) is 0. The molecule has 0 saturated heterocycles. The van der Waals surface area contributed by atoms with Crippen molar-refractivity contribution < 1.29 is 9.59 Å². The second kappa shape index (κ2) is 12.6. The second-order valence-electron chi connectivity index (χ2n) is 7.04. The fraction of sp³-hybridized carbons (Fsp3) is 0.208. The molecule has 0 aliphatic heterocycles. The van der Waals surface area contributed by atoms with E-state index in [9.17, 15) is 9.59 Å². The van der Waals surface area contributed by atoms with Crippen LogP contribution in [-0.4, -0.2) is 52.9 Å². The molecule has 0 fully saturated rings. The van der Waals surface area contributed by atoms with Gasteiger partial charge in [-0.05, 0) is 18.2 Å². The molecule has 0 aliphatic rings. The molecular weight excluding hydrogens is 418 g/mol. The number of hydrogen-bond donors (Lipinski definition) is 4. The normalized spacial score (nSPS) is 10.6. The number of rotatable bonds is 11. The predicted molar refractivity (Wildman–Crippen MR) is 129 cm³/mol. The first-order valence-electron chi connectivity index (χ1n) is 10.6. The number of aromatic nitrogens is 3. The van der Waals surface area contributed by atoms with Gasteiger partial charge in [-0.3, -0.25) is 14.6 Å². The zero-order valence-corrected chi connectivity index (χ0v) is 18.4. The van der Waals surface area contributed by atoms with Gasteiger partial charge in [0.2, 0.25) is 11.8 Å². The maximum atomic E-state index is 12.0. The van der Waals surface area contributed by atoms with Crippen LogP contribution in [0.2, 0.25) is 0 Å². The van der Waals surface area contributed by atoms with Gasteiger partial charge < -0.3 is 21.3 Å². The van der Waals surface area contributed by atoms with Gasteiger partial charge in [-0.15, -0.1) is 0 Å². The molecule has 1 aromatic carbocycles. The van der Waals surface area contributed by atoms with E-state index in [0.717, 1.165) is 11.3 Å². The van der Waals surface area contributed by atoms with E-state index in [1.165, 1.54) is 13.0 Å². The number of hydrogen-bond acceptors (Lipinski definition) is 7. The highest BCUT2D eigenvalue weighted by molar-refractivity contribution is 5.91. The molecule has 170 valence electrons. The Hall–Kier alpha value is -4.27. The SMILES string of the molecule is CC(=O)NCCNc1cc(NCCNC(=O)/C=C/c2ccccn2)nc(-c2ccccc2)n1. The van der Waals surface area contributed by atoms with Crippen molar-refractivity contribution in [1.82, 2.24) is 25.6 Å². The maximum Gasteiger partial charge on any atom is 0.244 e. The Balaban J connectivity index is 1.56. The summed E-state index contributed by atoms with van der Waals surface area (Å²) < 4.78 is 0. The third-order valence-electron chi connectivity index (χ3n) is 4.39. The number of amides is 2. The second-order valence-corrected chi connectivity index (χ2v) is 7.04. The van der Waals surface area contributed by atoms with Gasteiger partial charge in [0, 0.05) is 57.0 Å². The molecule has 0 radical (unpaired) electrons. The molecule has 0 saturated carbocycles. The number of benzene rings is 1. The first-order chi connectivity index (χ1) is 16.1. The van der Waals surface area contributed by atoms with Crippen molar-refractivity contribution in [3.05, 3.63) is 72.6 Å². The van der Waals surface area contributed by atoms with Crippen molar-refractivity contribution in [3.8, 4) is 11.4 Å². The Morgan fingerprint density at radius 1 is 0.848 bits per heavy atom. The van der Waals surface area contributed by atoms with Crippen molar-refractivity contribution in [1.29, 1.82) is 0 Å². The Bertz CT molecular complexity index is 1070. The smallest absolute Gasteiger partial charge is 0.244 e. The van der Waals surface area contributed by atoms with Crippen molar-refractivity contribution in [2.24, 2.45) is 0 Å². The Kier molecular flexibility index (Phi) is 8.90. The van der Waals surface area contributed by atoms with Crippen molar-refractivity contribution in [2.45, 2.75) is 6.92 Å². The van der Waals surface area contributed by atoms with Gasteiger partial charge in [0.05, 0.1) is 5.69 Å². The lowest BCUT2D eigenvalue weighted by molar-refractivity contribution is -0.119. The lowest BCUT2D eigenvalue weighted by Crippen LogP contribution is -2.27. The van der Waals surface area contributed by atoms with E-state index >= 15 is 0 Å². The van der Waals surface area contributed by atoms with Gasteiger partial charge in [-0.2, -0.15) is 0 Å². The van der Waals surface area contributed by atoms with Gasteiger partial charge in [0.15, 0.2) is 5.82 Å². The molecule has 0 atom stereocenters. The fourth-order valence-electron chi connectivity index (χ4n) is 2.84. The van der Waals surface area contributed by atoms with Crippen molar-refractivity contribution >= 4 is 29.5 Å². The molecule has 3 aromatic rings. The molecule has 0 aliphatic carbocycles. The summed E-state index contributed by atoms with van der Waals surface area (Å²) in [6.45, 7) is 3.40. The van der Waals surface area contributed by atoms with Crippen LogP contribution >= 0.6 is 0 Å². The van der Waals surface area contributed by atoms with Crippen LogP contribution in [0.5, 0.6) is 0 Å². The monoisotopic (exact) mass is 445 g/mol. The number of carbonyl (C=O) groups excluding carboxylic acids is 2. The molecule has 4 N–H and O–H groups in total. The molecule has 9 heteroatoms. The van der Waals surface area contributed by atoms with Crippen molar-refractivity contribution in [3.63, 3.8) is 0 Å². The fourth-order valence-corrected chi connectivity index (χ4v) is 2.84. The topological polar surface area (TPSA) is 121 Å². The van der Waals surface area contributed by atoms with Crippen LogP contribution in [0, 0.1) is 0 Å². The minimum absolute atomic E-state index is 0.0799. The standard InChI is InChI=1S/C24H27N7O2/c1-18(32)25-13-14-27-21-17-22(31-24(30-21)19-7-3-2-4-8-19)28-15-16-29-23(33)11-10-20-9-5-6-12-26-20/h2-12,17H,13-16H2,1H3,(H,25,32)(H,29,33)(H2,27,28,30,31)/b11-10+. The molecule has 2 amide bonds. The molecule has 33 heavy (non-hydrogen) atoms. The summed E-state index contributed by atoms with van der Waals surface area (Å²) in [6.07, 6.45) is 4.80. The van der Waals surface area contributed by atoms with Crippen LogP contribution < -0.4 is 21.3 Å². The number of pyridine rings is 1. The number of carbonyl (C=O) groups is 2. The largest absolute Gasteiger partial charge is 0.368 e. The molecule has 0 bridgehead atoms. The summed E-state index contributed by atoms with van der Waals surface area (Å²) in [5.41, 5.74) is 1.61. The molecule has 3 rings (SSSR count). The Morgan fingerprint density at radius 2 is 1.52 bits per heavy atom. The van der Waals surface area contributed by atoms with E-state index in [1.54, 1.807) is 18.3 Å². The highest BCUT2D eigenvalue weighted by atomic mass is 16.2. The lowest BCUT2D eigenvalue weighted by Gasteiger charge is -2.12. The maximum absolute atomic E-state index is 12.0. The van der Waals surface area contributed by atoms with E-state index in [2.05, 4.69) is 36.2 Å². The van der Waals surface area contributed by atoms with Gasteiger partial charge in [0.25, 0.3) is 0 Å². The summed E-state index contributed by atoms with van der Waals surface area (Å²) in [5, 5.41) is 12.0. The van der Waals surface area contributed by atoms with E-state index in [0.29, 0.717) is 43.6 Å². The minimum atomic E-state index is -0.199. The molecule has 2 aromatic heterocycles. The molecule has 0 unspecified atom stereocenters. The van der Waals surface area contributed by atoms with Crippen molar-refractivity contribution in [2.75, 3.05) is 36.8 Å². The average molecular weight is 446 g/mol. The zero-order chi connectivity index (χ0) is 23.3. The van der Waals surface area contributed by atoms with Crippen LogP contribution in [0.1, 0.15) is 12.6 Å². The predicted octanol–water partition coefficient (Wildman–Crippen LogP) is 2.33. The summed E-state index contributed by atoms with van der Waals surface area (Å²) >= 11 is 0. The first kappa shape index (κ1) is 23.4. The third-order valence-corrected chi connectivity index (χ3v) is 4.39. The zero-order valence-electron chi connectivity index (χ0n) is 18.4. The number of nitrogens with zero attached hydrogens (tertiary/aromatic N) is 3. The van der Waals surface area contributed by atoms with E-state index < -0.39 is 0 Å². The van der Waals surface area contributed by atoms with Crippen LogP contribution in [0.15, 0.2) is 66.9 Å². The molecule has 0 spiro atoms. The van der Waals surface area contributed by atoms with Crippen LogP contribution in [0.4, 0.5) is 11.6 Å². The molecule has 9 nitrogen and oxygen atoms in total. The molecule has 2 heterocycles. The molecular formula is C24H27N7O2. The first-order valence-corrected chi connectivity index (χ1v) is 10.6. The third kappa shape index (κ3) is 8.41. The summed E-state index contributed by atoms with van der Waals surface area (Å²) in [6, 6.07) is 17.0. The van der Waals surface area contributed by atoms with Gasteiger partial charge in [-0.25, -0.2) is 9.97 Å². The van der Waals surface area contributed by atoms with Crippen LogP contribution in [0.3, 0.4) is 0 Å². The minimum Gasteiger partial charge on any atom is -0.368 e. The number of anilines is 2. The van der Waals surface area contributed by atoms with Gasteiger partial charge in [0.1, 0.15) is 11.6 Å². The average Bonchev–Trinajstić information content (AvgIpc) is 2.84. The summed E-state index contributed by atoms with van der Waals surface area (Å²) in [4.78, 5) is 36.3. The Labute approximate surface area is 192 Å². The Morgan fingerprint density at radius 3 is 2.15 bits per heavy atom. The van der Waals surface area contributed by atoms with E-state index in [4.69, 9.17) is 0 Å². The van der Waals surface area contributed by atoms with Gasteiger partial charge >= 0.3 is 0 Å². The number of nitrogens with one attached hydrogen (secondary N) is 4. The van der Waals surface area contributed by atoms with Crippen LogP contribution in [-0.2, 0) is 9.59 Å². The lowest BCUT2D eigenvalue weighted by atomic mass is 10.2.